The third-order valence-corrected chi connectivity index (χ3v) is 4.84. The number of pyridine rings is 1. The van der Waals surface area contributed by atoms with Crippen molar-refractivity contribution in [3.63, 3.8) is 0 Å². The Hall–Kier alpha value is -3.48. The van der Waals surface area contributed by atoms with E-state index in [4.69, 9.17) is 0 Å². The van der Waals surface area contributed by atoms with Gasteiger partial charge in [0.05, 0.1) is 30.5 Å². The third kappa shape index (κ3) is 2.36. The zero-order valence-electron chi connectivity index (χ0n) is 13.9. The van der Waals surface area contributed by atoms with E-state index in [1.807, 2.05) is 29.2 Å². The van der Waals surface area contributed by atoms with E-state index in [2.05, 4.69) is 37.3 Å². The molecule has 4 heterocycles. The third-order valence-electron chi connectivity index (χ3n) is 4.84. The van der Waals surface area contributed by atoms with Crippen molar-refractivity contribution < 1.29 is 4.79 Å². The molecule has 5 rings (SSSR count). The smallest absolute Gasteiger partial charge is 0.272 e. The van der Waals surface area contributed by atoms with Crippen molar-refractivity contribution in [1.29, 1.82) is 0 Å². The molecule has 0 aliphatic carbocycles. The standard InChI is InChI=1S/C19H16N6O/c26-19(15-7-6-13-8-22-24-18(13)23-15)25-9-14(12-4-2-1-3-5-12)17-16(10-25)20-11-21-17/h1-8,11,14H,9-10H2,(H,20,21)(H,22,23,24). The Morgan fingerprint density at radius 2 is 2.04 bits per heavy atom. The van der Waals surface area contributed by atoms with E-state index in [9.17, 15) is 4.79 Å². The van der Waals surface area contributed by atoms with Crippen molar-refractivity contribution in [3.05, 3.63) is 77.6 Å². The van der Waals surface area contributed by atoms with E-state index in [-0.39, 0.29) is 11.8 Å². The SMILES string of the molecule is O=C(c1ccc2cn[nH]c2n1)N1Cc2[nH]cnc2C(c2ccccc2)C1. The van der Waals surface area contributed by atoms with Crippen molar-refractivity contribution >= 4 is 16.9 Å². The number of aromatic amines is 2. The largest absolute Gasteiger partial charge is 0.347 e. The van der Waals surface area contributed by atoms with Crippen molar-refractivity contribution in [1.82, 2.24) is 30.0 Å². The van der Waals surface area contributed by atoms with E-state index in [1.54, 1.807) is 18.6 Å². The maximum atomic E-state index is 13.1. The minimum absolute atomic E-state index is 0.0473. The quantitative estimate of drug-likeness (QED) is 0.584. The number of H-pyrrole nitrogens is 2. The van der Waals surface area contributed by atoms with Crippen LogP contribution >= 0.6 is 0 Å². The van der Waals surface area contributed by atoms with Gasteiger partial charge in [-0.05, 0) is 17.7 Å². The van der Waals surface area contributed by atoms with E-state index in [0.717, 1.165) is 22.3 Å². The van der Waals surface area contributed by atoms with E-state index >= 15 is 0 Å². The molecule has 1 atom stereocenters. The van der Waals surface area contributed by atoms with Crippen molar-refractivity contribution in [2.45, 2.75) is 12.5 Å². The van der Waals surface area contributed by atoms with Gasteiger partial charge in [0.15, 0.2) is 5.65 Å². The molecule has 0 fully saturated rings. The maximum Gasteiger partial charge on any atom is 0.272 e. The van der Waals surface area contributed by atoms with Crippen LogP contribution in [0.15, 0.2) is 55.0 Å². The molecule has 7 heteroatoms. The number of imidazole rings is 1. The molecule has 1 amide bonds. The molecule has 0 saturated heterocycles. The highest BCUT2D eigenvalue weighted by atomic mass is 16.2. The Bertz CT molecular complexity index is 1080. The van der Waals surface area contributed by atoms with Crippen molar-refractivity contribution in [2.75, 3.05) is 6.54 Å². The molecule has 7 nitrogen and oxygen atoms in total. The molecule has 2 N–H and O–H groups in total. The fourth-order valence-electron chi connectivity index (χ4n) is 3.53. The van der Waals surface area contributed by atoms with Crippen LogP contribution in [0.2, 0.25) is 0 Å². The maximum absolute atomic E-state index is 13.1. The van der Waals surface area contributed by atoms with Crippen LogP contribution in [0, 0.1) is 0 Å². The molecule has 26 heavy (non-hydrogen) atoms. The summed E-state index contributed by atoms with van der Waals surface area (Å²) in [5.74, 6) is -0.0475. The van der Waals surface area contributed by atoms with E-state index in [1.165, 1.54) is 0 Å². The number of aromatic nitrogens is 5. The molecule has 1 aliphatic rings. The highest BCUT2D eigenvalue weighted by Crippen LogP contribution is 2.32. The van der Waals surface area contributed by atoms with Gasteiger partial charge in [0, 0.05) is 17.8 Å². The molecule has 3 aromatic heterocycles. The van der Waals surface area contributed by atoms with Crippen LogP contribution in [-0.2, 0) is 6.54 Å². The molecule has 0 bridgehead atoms. The number of rotatable bonds is 2. The van der Waals surface area contributed by atoms with Crippen LogP contribution in [0.4, 0.5) is 0 Å². The summed E-state index contributed by atoms with van der Waals surface area (Å²) >= 11 is 0. The highest BCUT2D eigenvalue weighted by molar-refractivity contribution is 5.94. The number of amides is 1. The summed E-state index contributed by atoms with van der Waals surface area (Å²) < 4.78 is 0. The molecular weight excluding hydrogens is 328 g/mol. The van der Waals surface area contributed by atoms with Gasteiger partial charge < -0.3 is 9.88 Å². The molecule has 1 unspecified atom stereocenters. The number of fused-ring (bicyclic) bond motifs is 2. The summed E-state index contributed by atoms with van der Waals surface area (Å²) in [5.41, 5.74) is 4.17. The normalized spacial score (nSPS) is 16.6. The minimum Gasteiger partial charge on any atom is -0.347 e. The van der Waals surface area contributed by atoms with Crippen LogP contribution in [0.25, 0.3) is 11.0 Å². The van der Waals surface area contributed by atoms with Crippen LogP contribution < -0.4 is 0 Å². The minimum atomic E-state index is -0.0947. The number of benzene rings is 1. The fraction of sp³-hybridized carbons (Fsp3) is 0.158. The summed E-state index contributed by atoms with van der Waals surface area (Å²) in [6.07, 6.45) is 3.39. The van der Waals surface area contributed by atoms with Crippen LogP contribution in [0.1, 0.15) is 33.4 Å². The highest BCUT2D eigenvalue weighted by Gasteiger charge is 2.32. The second-order valence-corrected chi connectivity index (χ2v) is 6.42. The van der Waals surface area contributed by atoms with Crippen LogP contribution in [0.3, 0.4) is 0 Å². The van der Waals surface area contributed by atoms with Gasteiger partial charge in [0.1, 0.15) is 5.69 Å². The van der Waals surface area contributed by atoms with Gasteiger partial charge in [-0.3, -0.25) is 9.89 Å². The van der Waals surface area contributed by atoms with E-state index in [0.29, 0.717) is 24.4 Å². The summed E-state index contributed by atoms with van der Waals surface area (Å²) in [6, 6.07) is 13.8. The number of hydrogen-bond acceptors (Lipinski definition) is 4. The second kappa shape index (κ2) is 5.80. The summed E-state index contributed by atoms with van der Waals surface area (Å²) in [5, 5.41) is 7.67. The van der Waals surface area contributed by atoms with Gasteiger partial charge in [-0.15, -0.1) is 0 Å². The van der Waals surface area contributed by atoms with E-state index < -0.39 is 0 Å². The molecule has 0 saturated carbocycles. The van der Waals surface area contributed by atoms with Gasteiger partial charge >= 0.3 is 0 Å². The first-order valence-corrected chi connectivity index (χ1v) is 8.46. The van der Waals surface area contributed by atoms with Crippen LogP contribution in [-0.4, -0.2) is 42.5 Å². The molecule has 1 aliphatic heterocycles. The Balaban J connectivity index is 1.50. The number of carbonyl (C=O) groups excluding carboxylic acids is 1. The lowest BCUT2D eigenvalue weighted by Crippen LogP contribution is -2.39. The van der Waals surface area contributed by atoms with Gasteiger partial charge in [0.25, 0.3) is 5.91 Å². The monoisotopic (exact) mass is 344 g/mol. The predicted octanol–water partition coefficient (Wildman–Crippen LogP) is 2.47. The fourth-order valence-corrected chi connectivity index (χ4v) is 3.53. The van der Waals surface area contributed by atoms with Gasteiger partial charge in [0.2, 0.25) is 0 Å². The zero-order valence-corrected chi connectivity index (χ0v) is 13.9. The number of nitrogens with one attached hydrogen (secondary N) is 2. The van der Waals surface area contributed by atoms with Crippen molar-refractivity contribution in [3.8, 4) is 0 Å². The Morgan fingerprint density at radius 3 is 2.92 bits per heavy atom. The lowest BCUT2D eigenvalue weighted by molar-refractivity contribution is 0.0716. The average molecular weight is 344 g/mol. The zero-order chi connectivity index (χ0) is 17.5. The number of hydrogen-bond donors (Lipinski definition) is 2. The molecule has 0 spiro atoms. The van der Waals surface area contributed by atoms with Gasteiger partial charge in [-0.1, -0.05) is 30.3 Å². The summed E-state index contributed by atoms with van der Waals surface area (Å²) in [4.78, 5) is 27.0. The van der Waals surface area contributed by atoms with Crippen molar-refractivity contribution in [2.24, 2.45) is 0 Å². The summed E-state index contributed by atoms with van der Waals surface area (Å²) in [6.45, 7) is 1.07. The first-order valence-electron chi connectivity index (χ1n) is 8.46. The molecule has 4 aromatic rings. The summed E-state index contributed by atoms with van der Waals surface area (Å²) in [7, 11) is 0. The first kappa shape index (κ1) is 14.8. The topological polar surface area (TPSA) is 90.6 Å². The Kier molecular flexibility index (Phi) is 3.31. The van der Waals surface area contributed by atoms with Gasteiger partial charge in [-0.2, -0.15) is 5.10 Å². The molecule has 128 valence electrons. The van der Waals surface area contributed by atoms with Gasteiger partial charge in [-0.25, -0.2) is 9.97 Å². The molecular formula is C19H16N6O. The number of nitrogens with zero attached hydrogens (tertiary/aromatic N) is 4. The molecule has 0 radical (unpaired) electrons. The Morgan fingerprint density at radius 1 is 1.15 bits per heavy atom. The lowest BCUT2D eigenvalue weighted by atomic mass is 9.91. The Labute approximate surface area is 149 Å². The lowest BCUT2D eigenvalue weighted by Gasteiger charge is -2.32. The predicted molar refractivity (Wildman–Crippen MR) is 95.5 cm³/mol. The number of carbonyl (C=O) groups is 1. The first-order chi connectivity index (χ1) is 12.8. The average Bonchev–Trinajstić information content (AvgIpc) is 3.35. The second-order valence-electron chi connectivity index (χ2n) is 6.42. The molecule has 1 aromatic carbocycles. The van der Waals surface area contributed by atoms with Crippen LogP contribution in [0.5, 0.6) is 0 Å².